The van der Waals surface area contributed by atoms with Gasteiger partial charge in [-0.05, 0) is 25.7 Å². The van der Waals surface area contributed by atoms with E-state index in [0.717, 1.165) is 6.42 Å². The molecule has 0 bridgehead atoms. The number of carbonyl (C=O) groups is 2. The molecule has 15 heavy (non-hydrogen) atoms. The van der Waals surface area contributed by atoms with E-state index in [1.807, 2.05) is 0 Å². The van der Waals surface area contributed by atoms with Gasteiger partial charge in [-0.3, -0.25) is 4.79 Å². The first-order valence-corrected chi connectivity index (χ1v) is 5.27. The zero-order chi connectivity index (χ0) is 10.9. The van der Waals surface area contributed by atoms with Crippen LogP contribution in [0, 0.1) is 5.92 Å². The quantitative estimate of drug-likeness (QED) is 0.699. The summed E-state index contributed by atoms with van der Waals surface area (Å²) in [6.45, 7) is 1.01. The molecule has 2 N–H and O–H groups in total. The summed E-state index contributed by atoms with van der Waals surface area (Å²) < 4.78 is 5.10. The van der Waals surface area contributed by atoms with E-state index in [2.05, 4.69) is 5.32 Å². The number of hydrogen-bond donors (Lipinski definition) is 2. The van der Waals surface area contributed by atoms with Crippen LogP contribution in [0.4, 0.5) is 0 Å². The minimum atomic E-state index is -0.986. The summed E-state index contributed by atoms with van der Waals surface area (Å²) in [6, 6.07) is 0. The van der Waals surface area contributed by atoms with Crippen LogP contribution in [0.5, 0.6) is 0 Å². The van der Waals surface area contributed by atoms with Crippen molar-refractivity contribution in [1.29, 1.82) is 0 Å². The van der Waals surface area contributed by atoms with Gasteiger partial charge in [-0.1, -0.05) is 0 Å². The molecule has 5 nitrogen and oxygen atoms in total. The molecule has 1 atom stereocenters. The van der Waals surface area contributed by atoms with Crippen LogP contribution >= 0.6 is 0 Å². The largest absolute Gasteiger partial charge is 0.480 e. The third-order valence-corrected chi connectivity index (χ3v) is 3.28. The molecule has 0 spiro atoms. The fraction of sp³-hybridized carbons (Fsp3) is 0.800. The predicted octanol–water partition coefficient (Wildman–Crippen LogP) is 0.146. The van der Waals surface area contributed by atoms with E-state index >= 15 is 0 Å². The van der Waals surface area contributed by atoms with Crippen LogP contribution in [0.3, 0.4) is 0 Å². The molecule has 0 aromatic heterocycles. The molecule has 2 fully saturated rings. The fourth-order valence-electron chi connectivity index (χ4n) is 2.00. The molecule has 1 amide bonds. The van der Waals surface area contributed by atoms with Crippen molar-refractivity contribution in [2.24, 2.45) is 5.92 Å². The molecule has 0 radical (unpaired) electrons. The van der Waals surface area contributed by atoms with Crippen LogP contribution in [0.15, 0.2) is 0 Å². The van der Waals surface area contributed by atoms with E-state index in [0.29, 0.717) is 32.5 Å². The number of rotatable bonds is 3. The van der Waals surface area contributed by atoms with Gasteiger partial charge in [0.15, 0.2) is 0 Å². The number of carboxylic acids is 1. The van der Waals surface area contributed by atoms with Crippen molar-refractivity contribution in [2.45, 2.75) is 31.2 Å². The van der Waals surface area contributed by atoms with Crippen LogP contribution in [-0.2, 0) is 14.3 Å². The van der Waals surface area contributed by atoms with E-state index in [1.54, 1.807) is 0 Å². The number of aliphatic carboxylic acids is 1. The summed E-state index contributed by atoms with van der Waals surface area (Å²) in [5.74, 6) is -1.25. The number of nitrogens with one attached hydrogen (secondary N) is 1. The zero-order valence-corrected chi connectivity index (χ0v) is 8.49. The number of ether oxygens (including phenoxy) is 1. The van der Waals surface area contributed by atoms with E-state index < -0.39 is 11.5 Å². The molecular formula is C10H15NO4. The lowest BCUT2D eigenvalue weighted by Crippen LogP contribution is -2.60. The molecule has 2 aliphatic rings. The van der Waals surface area contributed by atoms with Crippen molar-refractivity contribution in [1.82, 2.24) is 5.32 Å². The van der Waals surface area contributed by atoms with Crippen molar-refractivity contribution >= 4 is 11.9 Å². The topological polar surface area (TPSA) is 75.6 Å². The Kier molecular flexibility index (Phi) is 2.65. The average Bonchev–Trinajstić information content (AvgIpc) is 2.62. The molecule has 84 valence electrons. The summed E-state index contributed by atoms with van der Waals surface area (Å²) in [5.41, 5.74) is -0.986. The van der Waals surface area contributed by atoms with Gasteiger partial charge in [0.25, 0.3) is 0 Å². The minimum Gasteiger partial charge on any atom is -0.480 e. The fourth-order valence-corrected chi connectivity index (χ4v) is 2.00. The SMILES string of the molecule is O=C(NC1(C(=O)O)CCC1)[C@H]1CCOC1. The van der Waals surface area contributed by atoms with Gasteiger partial charge in [0.1, 0.15) is 5.54 Å². The van der Waals surface area contributed by atoms with Crippen molar-refractivity contribution in [2.75, 3.05) is 13.2 Å². The van der Waals surface area contributed by atoms with Gasteiger partial charge in [-0.15, -0.1) is 0 Å². The Bertz CT molecular complexity index is 279. The lowest BCUT2D eigenvalue weighted by atomic mass is 9.76. The summed E-state index contributed by atoms with van der Waals surface area (Å²) in [4.78, 5) is 22.7. The van der Waals surface area contributed by atoms with Crippen molar-refractivity contribution in [3.63, 3.8) is 0 Å². The Morgan fingerprint density at radius 2 is 2.13 bits per heavy atom. The average molecular weight is 213 g/mol. The molecule has 1 aliphatic heterocycles. The molecule has 2 rings (SSSR count). The second kappa shape index (κ2) is 3.81. The molecule has 0 aromatic rings. The molecule has 0 unspecified atom stereocenters. The first-order chi connectivity index (χ1) is 7.14. The van der Waals surface area contributed by atoms with E-state index in [9.17, 15) is 9.59 Å². The smallest absolute Gasteiger partial charge is 0.329 e. The predicted molar refractivity (Wildman–Crippen MR) is 51.3 cm³/mol. The van der Waals surface area contributed by atoms with Gasteiger partial charge >= 0.3 is 5.97 Å². The molecule has 5 heteroatoms. The van der Waals surface area contributed by atoms with Crippen LogP contribution in [0.1, 0.15) is 25.7 Å². The number of carbonyl (C=O) groups excluding carboxylic acids is 1. The summed E-state index contributed by atoms with van der Waals surface area (Å²) >= 11 is 0. The summed E-state index contributed by atoms with van der Waals surface area (Å²) in [7, 11) is 0. The Hall–Kier alpha value is -1.10. The van der Waals surface area contributed by atoms with E-state index in [4.69, 9.17) is 9.84 Å². The lowest BCUT2D eigenvalue weighted by Gasteiger charge is -2.38. The summed E-state index contributed by atoms with van der Waals surface area (Å²) in [6.07, 6.45) is 2.65. The van der Waals surface area contributed by atoms with Gasteiger partial charge in [-0.2, -0.15) is 0 Å². The zero-order valence-electron chi connectivity index (χ0n) is 8.49. The number of hydrogen-bond acceptors (Lipinski definition) is 3. The molecular weight excluding hydrogens is 198 g/mol. The third kappa shape index (κ3) is 1.84. The second-order valence-electron chi connectivity index (χ2n) is 4.29. The molecule has 0 aromatic carbocycles. The van der Waals surface area contributed by atoms with Crippen molar-refractivity contribution < 1.29 is 19.4 Å². The lowest BCUT2D eigenvalue weighted by molar-refractivity contribution is -0.152. The second-order valence-corrected chi connectivity index (χ2v) is 4.29. The van der Waals surface area contributed by atoms with Crippen molar-refractivity contribution in [3.8, 4) is 0 Å². The van der Waals surface area contributed by atoms with Crippen molar-refractivity contribution in [3.05, 3.63) is 0 Å². The van der Waals surface area contributed by atoms with Crippen LogP contribution in [0.2, 0.25) is 0 Å². The first-order valence-electron chi connectivity index (χ1n) is 5.27. The van der Waals surface area contributed by atoms with Gasteiger partial charge in [0.2, 0.25) is 5.91 Å². The molecule has 1 aliphatic carbocycles. The maximum absolute atomic E-state index is 11.7. The van der Waals surface area contributed by atoms with Gasteiger partial charge < -0.3 is 15.2 Å². The minimum absolute atomic E-state index is 0.165. The monoisotopic (exact) mass is 213 g/mol. The Balaban J connectivity index is 1.94. The normalized spacial score (nSPS) is 28.1. The Morgan fingerprint density at radius 3 is 2.53 bits per heavy atom. The van der Waals surface area contributed by atoms with Gasteiger partial charge in [-0.25, -0.2) is 4.79 Å². The Morgan fingerprint density at radius 1 is 1.40 bits per heavy atom. The molecule has 1 heterocycles. The number of carboxylic acid groups (broad SMARTS) is 1. The van der Waals surface area contributed by atoms with Gasteiger partial charge in [0.05, 0.1) is 12.5 Å². The standard InChI is InChI=1S/C10H15NO4/c12-8(7-2-5-15-6-7)11-10(9(13)14)3-1-4-10/h7H,1-6H2,(H,11,12)(H,13,14)/t7-/m0/s1. The van der Waals surface area contributed by atoms with Crippen LogP contribution < -0.4 is 5.32 Å². The van der Waals surface area contributed by atoms with Crippen LogP contribution in [-0.4, -0.2) is 35.7 Å². The highest BCUT2D eigenvalue weighted by Gasteiger charge is 2.46. The highest BCUT2D eigenvalue weighted by Crippen LogP contribution is 2.32. The first kappa shape index (κ1) is 10.4. The third-order valence-electron chi connectivity index (χ3n) is 3.28. The Labute approximate surface area is 87.8 Å². The summed E-state index contributed by atoms with van der Waals surface area (Å²) in [5, 5.41) is 11.7. The van der Waals surface area contributed by atoms with E-state index in [1.165, 1.54) is 0 Å². The highest BCUT2D eigenvalue weighted by atomic mass is 16.5. The van der Waals surface area contributed by atoms with Gasteiger partial charge in [0, 0.05) is 6.61 Å². The van der Waals surface area contributed by atoms with E-state index in [-0.39, 0.29) is 11.8 Å². The maximum atomic E-state index is 11.7. The van der Waals surface area contributed by atoms with Crippen LogP contribution in [0.25, 0.3) is 0 Å². The molecule has 1 saturated heterocycles. The number of amides is 1. The maximum Gasteiger partial charge on any atom is 0.329 e. The highest BCUT2D eigenvalue weighted by molar-refractivity contribution is 5.89. The molecule has 1 saturated carbocycles.